The molecule has 0 aliphatic carbocycles. The molecule has 0 unspecified atom stereocenters. The minimum absolute atomic E-state index is 0.0426. The van der Waals surface area contributed by atoms with Crippen LogP contribution in [-0.4, -0.2) is 51.6 Å². The third-order valence-corrected chi connectivity index (χ3v) is 6.83. The summed E-state index contributed by atoms with van der Waals surface area (Å²) in [5, 5.41) is 6.30. The number of nitrogens with two attached hydrogens (primary N) is 1. The van der Waals surface area contributed by atoms with E-state index in [1.54, 1.807) is 53.0 Å². The molecule has 216 valence electrons. The number of rotatable bonds is 5. The minimum Gasteiger partial charge on any atom is -0.443 e. The van der Waals surface area contributed by atoms with Crippen LogP contribution in [0.3, 0.4) is 0 Å². The van der Waals surface area contributed by atoms with Crippen molar-refractivity contribution >= 4 is 23.9 Å². The molecule has 0 bridgehead atoms. The zero-order valence-electron chi connectivity index (χ0n) is 22.4. The van der Waals surface area contributed by atoms with Crippen molar-refractivity contribution in [3.05, 3.63) is 88.2 Å². The molecule has 41 heavy (non-hydrogen) atoms. The molecule has 3 aromatic rings. The molecule has 1 aliphatic rings. The summed E-state index contributed by atoms with van der Waals surface area (Å²) < 4.78 is 48.7. The molecule has 0 saturated carbocycles. The molecular weight excluding hydrogens is 541 g/mol. The highest BCUT2D eigenvalue weighted by molar-refractivity contribution is 6.07. The number of likely N-dealkylation sites (tertiary alicyclic amines) is 1. The third-order valence-electron chi connectivity index (χ3n) is 6.83. The SMILES string of the molecule is Cc1cc(C(=O)N2CCC(c3ccc(C(=O)N/C(N)=N\C(=O)OCc4ccccc4)cc3C(F)(F)F)CC2)nn1C. The number of benzene rings is 2. The maximum Gasteiger partial charge on any atom is 0.437 e. The number of alkyl halides is 3. The minimum atomic E-state index is -4.73. The van der Waals surface area contributed by atoms with E-state index >= 15 is 0 Å². The molecular formula is C28H29F3N6O4. The molecule has 1 aromatic heterocycles. The van der Waals surface area contributed by atoms with Crippen molar-refractivity contribution in [1.29, 1.82) is 0 Å². The van der Waals surface area contributed by atoms with Crippen LogP contribution in [0, 0.1) is 6.92 Å². The van der Waals surface area contributed by atoms with Gasteiger partial charge in [-0.1, -0.05) is 36.4 Å². The first-order valence-electron chi connectivity index (χ1n) is 12.8. The average Bonchev–Trinajstić information content (AvgIpc) is 3.29. The van der Waals surface area contributed by atoms with Crippen LogP contribution in [-0.2, 0) is 24.6 Å². The van der Waals surface area contributed by atoms with E-state index in [-0.39, 0.29) is 36.7 Å². The van der Waals surface area contributed by atoms with Crippen molar-refractivity contribution in [1.82, 2.24) is 20.0 Å². The molecule has 0 atom stereocenters. The van der Waals surface area contributed by atoms with E-state index in [2.05, 4.69) is 15.4 Å². The molecule has 2 heterocycles. The van der Waals surface area contributed by atoms with Crippen LogP contribution in [0.25, 0.3) is 0 Å². The molecule has 2 aromatic carbocycles. The van der Waals surface area contributed by atoms with Crippen LogP contribution in [0.15, 0.2) is 59.6 Å². The zero-order chi connectivity index (χ0) is 29.7. The lowest BCUT2D eigenvalue weighted by Gasteiger charge is -2.33. The largest absolute Gasteiger partial charge is 0.443 e. The summed E-state index contributed by atoms with van der Waals surface area (Å²) in [7, 11) is 1.73. The van der Waals surface area contributed by atoms with Crippen molar-refractivity contribution < 1.29 is 32.3 Å². The highest BCUT2D eigenvalue weighted by Gasteiger charge is 2.37. The molecule has 0 radical (unpaired) electrons. The van der Waals surface area contributed by atoms with Gasteiger partial charge in [-0.15, -0.1) is 4.99 Å². The number of aryl methyl sites for hydroxylation is 2. The van der Waals surface area contributed by atoms with E-state index < -0.39 is 35.6 Å². The molecule has 1 fully saturated rings. The van der Waals surface area contributed by atoms with Gasteiger partial charge in [0.1, 0.15) is 6.61 Å². The molecule has 4 rings (SSSR count). The Balaban J connectivity index is 1.41. The molecule has 10 nitrogen and oxygen atoms in total. The first-order chi connectivity index (χ1) is 19.4. The summed E-state index contributed by atoms with van der Waals surface area (Å²) in [5.41, 5.74) is 6.20. The lowest BCUT2D eigenvalue weighted by atomic mass is 9.85. The number of halogens is 3. The van der Waals surface area contributed by atoms with Gasteiger partial charge in [0.05, 0.1) is 5.56 Å². The van der Waals surface area contributed by atoms with Gasteiger partial charge in [-0.05, 0) is 55.0 Å². The lowest BCUT2D eigenvalue weighted by molar-refractivity contribution is -0.138. The van der Waals surface area contributed by atoms with Crippen LogP contribution in [0.4, 0.5) is 18.0 Å². The second kappa shape index (κ2) is 12.2. The number of ether oxygens (including phenoxy) is 1. The number of aromatic nitrogens is 2. The molecule has 1 aliphatic heterocycles. The molecule has 3 amide bonds. The van der Waals surface area contributed by atoms with Gasteiger partial charge in [0, 0.05) is 31.4 Å². The summed E-state index contributed by atoms with van der Waals surface area (Å²) in [5.74, 6) is -2.32. The number of hydrogen-bond acceptors (Lipinski definition) is 5. The van der Waals surface area contributed by atoms with Crippen LogP contribution < -0.4 is 11.1 Å². The fourth-order valence-corrected chi connectivity index (χ4v) is 4.59. The Morgan fingerprint density at radius 1 is 1.10 bits per heavy atom. The van der Waals surface area contributed by atoms with Gasteiger partial charge >= 0.3 is 12.3 Å². The summed E-state index contributed by atoms with van der Waals surface area (Å²) in [6, 6.07) is 13.7. The van der Waals surface area contributed by atoms with E-state index in [0.717, 1.165) is 11.8 Å². The van der Waals surface area contributed by atoms with Crippen molar-refractivity contribution in [2.75, 3.05) is 13.1 Å². The Morgan fingerprint density at radius 2 is 1.78 bits per heavy atom. The Morgan fingerprint density at radius 3 is 2.39 bits per heavy atom. The maximum atomic E-state index is 14.1. The predicted molar refractivity (Wildman–Crippen MR) is 143 cm³/mol. The molecule has 13 heteroatoms. The lowest BCUT2D eigenvalue weighted by Crippen LogP contribution is -2.38. The van der Waals surface area contributed by atoms with Gasteiger partial charge in [-0.3, -0.25) is 19.6 Å². The zero-order valence-corrected chi connectivity index (χ0v) is 22.4. The standard InChI is InChI=1S/C28H29F3N6O4/c1-17-14-23(35-36(17)2)25(39)37-12-10-19(11-13-37)21-9-8-20(15-22(21)28(29,30)31)24(38)33-26(32)34-27(40)41-16-18-6-4-3-5-7-18/h3-9,14-15,19H,10-13,16H2,1-2H3,(H3,32,33,34,38,40). The number of nitrogens with zero attached hydrogens (tertiary/aromatic N) is 4. The first kappa shape index (κ1) is 29.3. The van der Waals surface area contributed by atoms with Gasteiger partial charge in [-0.25, -0.2) is 4.79 Å². The fraction of sp³-hybridized carbons (Fsp3) is 0.321. The Labute approximate surface area is 234 Å². The topological polar surface area (TPSA) is 132 Å². The fourth-order valence-electron chi connectivity index (χ4n) is 4.59. The number of nitrogens with one attached hydrogen (secondary N) is 1. The van der Waals surface area contributed by atoms with E-state index in [0.29, 0.717) is 24.1 Å². The quantitative estimate of drug-likeness (QED) is 0.350. The molecule has 0 spiro atoms. The number of hydrogen-bond donors (Lipinski definition) is 2. The number of carbonyl (C=O) groups excluding carboxylic acids is 3. The second-order valence-corrected chi connectivity index (χ2v) is 9.65. The summed E-state index contributed by atoms with van der Waals surface area (Å²) in [6.45, 7) is 2.29. The maximum absolute atomic E-state index is 14.1. The number of carbonyl (C=O) groups is 3. The first-order valence-corrected chi connectivity index (χ1v) is 12.8. The number of amides is 3. The van der Waals surface area contributed by atoms with Crippen molar-refractivity contribution in [3.8, 4) is 0 Å². The van der Waals surface area contributed by atoms with Crippen LogP contribution in [0.5, 0.6) is 0 Å². The average molecular weight is 571 g/mol. The highest BCUT2D eigenvalue weighted by Crippen LogP contribution is 2.39. The van der Waals surface area contributed by atoms with E-state index in [9.17, 15) is 27.6 Å². The van der Waals surface area contributed by atoms with E-state index in [1.807, 2.05) is 6.92 Å². The number of piperidine rings is 1. The van der Waals surface area contributed by atoms with Gasteiger partial charge in [-0.2, -0.15) is 18.3 Å². The van der Waals surface area contributed by atoms with Crippen LogP contribution in [0.1, 0.15) is 62.0 Å². The Bertz CT molecular complexity index is 1440. The third kappa shape index (κ3) is 7.29. The Kier molecular flexibility index (Phi) is 8.74. The summed E-state index contributed by atoms with van der Waals surface area (Å²) in [4.78, 5) is 42.3. The summed E-state index contributed by atoms with van der Waals surface area (Å²) >= 11 is 0. The predicted octanol–water partition coefficient (Wildman–Crippen LogP) is 4.15. The van der Waals surface area contributed by atoms with Crippen LogP contribution >= 0.6 is 0 Å². The van der Waals surface area contributed by atoms with Gasteiger partial charge in [0.2, 0.25) is 5.96 Å². The molecule has 3 N–H and O–H groups in total. The van der Waals surface area contributed by atoms with Crippen LogP contribution in [0.2, 0.25) is 0 Å². The number of aliphatic imine (C=N–C) groups is 1. The smallest absolute Gasteiger partial charge is 0.437 e. The molecule has 1 saturated heterocycles. The van der Waals surface area contributed by atoms with Gasteiger partial charge < -0.3 is 15.4 Å². The Hall–Kier alpha value is -4.68. The highest BCUT2D eigenvalue weighted by atomic mass is 19.4. The summed E-state index contributed by atoms with van der Waals surface area (Å²) in [6.07, 6.45) is -5.17. The monoisotopic (exact) mass is 570 g/mol. The van der Waals surface area contributed by atoms with Crippen molar-refractivity contribution in [2.45, 2.75) is 38.5 Å². The number of guanidine groups is 1. The van der Waals surface area contributed by atoms with E-state index in [1.165, 1.54) is 12.1 Å². The van der Waals surface area contributed by atoms with Crippen molar-refractivity contribution in [2.24, 2.45) is 17.8 Å². The van der Waals surface area contributed by atoms with E-state index in [4.69, 9.17) is 10.5 Å². The van der Waals surface area contributed by atoms with Crippen molar-refractivity contribution in [3.63, 3.8) is 0 Å². The van der Waals surface area contributed by atoms with Gasteiger partial charge in [0.25, 0.3) is 11.8 Å². The normalized spacial score (nSPS) is 14.6. The van der Waals surface area contributed by atoms with Gasteiger partial charge in [0.15, 0.2) is 5.69 Å². The second-order valence-electron chi connectivity index (χ2n) is 9.65.